The van der Waals surface area contributed by atoms with Gasteiger partial charge in [0.1, 0.15) is 5.76 Å². The number of carbonyl (C=O) groups is 1. The molecule has 1 aromatic rings. The van der Waals surface area contributed by atoms with E-state index in [4.69, 9.17) is 4.52 Å². The number of rotatable bonds is 6. The van der Waals surface area contributed by atoms with Crippen molar-refractivity contribution in [1.82, 2.24) is 20.7 Å². The van der Waals surface area contributed by atoms with Crippen molar-refractivity contribution in [2.24, 2.45) is 0 Å². The van der Waals surface area contributed by atoms with E-state index >= 15 is 0 Å². The van der Waals surface area contributed by atoms with Crippen LogP contribution in [-0.4, -0.2) is 55.2 Å². The first-order valence-corrected chi connectivity index (χ1v) is 7.28. The number of amides is 1. The van der Waals surface area contributed by atoms with Crippen LogP contribution in [0.2, 0.25) is 0 Å². The fourth-order valence-corrected chi connectivity index (χ4v) is 2.44. The fraction of sp³-hybridized carbons (Fsp3) is 0.714. The molecule has 0 radical (unpaired) electrons. The van der Waals surface area contributed by atoms with Gasteiger partial charge in [0.2, 0.25) is 5.91 Å². The average Bonchev–Trinajstić information content (AvgIpc) is 2.77. The molecule has 2 N–H and O–H groups in total. The van der Waals surface area contributed by atoms with Crippen LogP contribution in [0.4, 0.5) is 0 Å². The lowest BCUT2D eigenvalue weighted by molar-refractivity contribution is -0.120. The van der Waals surface area contributed by atoms with Crippen molar-refractivity contribution in [3.63, 3.8) is 0 Å². The molecule has 1 amide bonds. The molecule has 1 aliphatic rings. The van der Waals surface area contributed by atoms with E-state index in [-0.39, 0.29) is 5.91 Å². The number of aromatic nitrogens is 1. The van der Waals surface area contributed by atoms with Crippen LogP contribution in [0.25, 0.3) is 0 Å². The van der Waals surface area contributed by atoms with Crippen molar-refractivity contribution >= 4 is 5.91 Å². The van der Waals surface area contributed by atoms with Crippen molar-refractivity contribution in [2.45, 2.75) is 26.7 Å². The number of piperazine rings is 1. The molecule has 2 heterocycles. The topological polar surface area (TPSA) is 70.4 Å². The van der Waals surface area contributed by atoms with E-state index in [0.29, 0.717) is 6.42 Å². The minimum Gasteiger partial charge on any atom is -0.361 e. The van der Waals surface area contributed by atoms with Gasteiger partial charge in [-0.3, -0.25) is 4.79 Å². The molecule has 0 aromatic carbocycles. The van der Waals surface area contributed by atoms with Crippen molar-refractivity contribution < 1.29 is 9.32 Å². The first-order chi connectivity index (χ1) is 9.66. The number of hydrogen-bond donors (Lipinski definition) is 2. The third kappa shape index (κ3) is 4.31. The van der Waals surface area contributed by atoms with Gasteiger partial charge in [0.25, 0.3) is 0 Å². The molecular weight excluding hydrogens is 256 g/mol. The van der Waals surface area contributed by atoms with Gasteiger partial charge in [-0.25, -0.2) is 0 Å². The number of nitrogens with one attached hydrogen (secondary N) is 2. The standard InChI is InChI=1S/C14H24N4O2/c1-11-13(12(2)20-17-11)10-14(19)16-4-3-7-18-8-5-15-6-9-18/h15H,3-10H2,1-2H3,(H,16,19). The molecule has 0 unspecified atom stereocenters. The number of carbonyl (C=O) groups excluding carboxylic acids is 1. The van der Waals surface area contributed by atoms with E-state index in [1.165, 1.54) is 0 Å². The Morgan fingerprint density at radius 1 is 1.40 bits per heavy atom. The molecule has 0 spiro atoms. The van der Waals surface area contributed by atoms with E-state index in [0.717, 1.165) is 62.7 Å². The predicted molar refractivity (Wildman–Crippen MR) is 76.6 cm³/mol. The summed E-state index contributed by atoms with van der Waals surface area (Å²) in [6, 6.07) is 0. The Bertz CT molecular complexity index is 419. The normalized spacial score (nSPS) is 16.3. The zero-order chi connectivity index (χ0) is 14.4. The summed E-state index contributed by atoms with van der Waals surface area (Å²) in [6.45, 7) is 9.83. The summed E-state index contributed by atoms with van der Waals surface area (Å²) >= 11 is 0. The van der Waals surface area contributed by atoms with E-state index in [9.17, 15) is 4.79 Å². The highest BCUT2D eigenvalue weighted by molar-refractivity contribution is 5.78. The van der Waals surface area contributed by atoms with E-state index in [2.05, 4.69) is 20.7 Å². The fourth-order valence-electron chi connectivity index (χ4n) is 2.44. The van der Waals surface area contributed by atoms with Gasteiger partial charge in [-0.15, -0.1) is 0 Å². The monoisotopic (exact) mass is 280 g/mol. The maximum Gasteiger partial charge on any atom is 0.224 e. The lowest BCUT2D eigenvalue weighted by atomic mass is 10.1. The number of nitrogens with zero attached hydrogens (tertiary/aromatic N) is 2. The molecule has 0 saturated carbocycles. The molecule has 6 heteroatoms. The molecule has 6 nitrogen and oxygen atoms in total. The summed E-state index contributed by atoms with van der Waals surface area (Å²) < 4.78 is 5.06. The summed E-state index contributed by atoms with van der Waals surface area (Å²) in [7, 11) is 0. The molecular formula is C14H24N4O2. The van der Waals surface area contributed by atoms with Crippen molar-refractivity contribution in [3.8, 4) is 0 Å². The molecule has 0 atom stereocenters. The molecule has 20 heavy (non-hydrogen) atoms. The lowest BCUT2D eigenvalue weighted by Gasteiger charge is -2.27. The van der Waals surface area contributed by atoms with Gasteiger partial charge < -0.3 is 20.1 Å². The molecule has 0 aliphatic carbocycles. The molecule has 0 bridgehead atoms. The zero-order valence-corrected chi connectivity index (χ0v) is 12.4. The minimum atomic E-state index is 0.0414. The second-order valence-electron chi connectivity index (χ2n) is 5.27. The van der Waals surface area contributed by atoms with Crippen molar-refractivity contribution in [2.75, 3.05) is 39.3 Å². The van der Waals surface area contributed by atoms with Gasteiger partial charge in [-0.1, -0.05) is 5.16 Å². The number of hydrogen-bond acceptors (Lipinski definition) is 5. The van der Waals surface area contributed by atoms with Gasteiger partial charge in [0, 0.05) is 38.3 Å². The average molecular weight is 280 g/mol. The highest BCUT2D eigenvalue weighted by Crippen LogP contribution is 2.12. The molecule has 1 aromatic heterocycles. The predicted octanol–water partition coefficient (Wildman–Crippen LogP) is 0.245. The van der Waals surface area contributed by atoms with Crippen LogP contribution in [0.15, 0.2) is 4.52 Å². The van der Waals surface area contributed by atoms with E-state index in [1.807, 2.05) is 13.8 Å². The second-order valence-corrected chi connectivity index (χ2v) is 5.27. The van der Waals surface area contributed by atoms with Crippen molar-refractivity contribution in [1.29, 1.82) is 0 Å². The van der Waals surface area contributed by atoms with Crippen LogP contribution in [0, 0.1) is 13.8 Å². The Balaban J connectivity index is 1.63. The smallest absolute Gasteiger partial charge is 0.224 e. The summed E-state index contributed by atoms with van der Waals surface area (Å²) in [6.07, 6.45) is 1.35. The maximum atomic E-state index is 11.9. The van der Waals surface area contributed by atoms with Crippen molar-refractivity contribution in [3.05, 3.63) is 17.0 Å². The Morgan fingerprint density at radius 2 is 2.15 bits per heavy atom. The van der Waals surface area contributed by atoms with Crippen LogP contribution in [-0.2, 0) is 11.2 Å². The van der Waals surface area contributed by atoms with Gasteiger partial charge in [0.05, 0.1) is 12.1 Å². The summed E-state index contributed by atoms with van der Waals surface area (Å²) in [4.78, 5) is 14.3. The van der Waals surface area contributed by atoms with Gasteiger partial charge in [-0.05, 0) is 26.8 Å². The van der Waals surface area contributed by atoms with Crippen LogP contribution in [0.3, 0.4) is 0 Å². The van der Waals surface area contributed by atoms with Gasteiger partial charge in [-0.2, -0.15) is 0 Å². The molecule has 1 saturated heterocycles. The Morgan fingerprint density at radius 3 is 2.80 bits per heavy atom. The third-order valence-electron chi connectivity index (χ3n) is 3.70. The Hall–Kier alpha value is -1.40. The minimum absolute atomic E-state index is 0.0414. The summed E-state index contributed by atoms with van der Waals surface area (Å²) in [5, 5.41) is 10.2. The van der Waals surface area contributed by atoms with E-state index in [1.54, 1.807) is 0 Å². The molecule has 112 valence electrons. The zero-order valence-electron chi connectivity index (χ0n) is 12.4. The quantitative estimate of drug-likeness (QED) is 0.731. The Labute approximate surface area is 119 Å². The summed E-state index contributed by atoms with van der Waals surface area (Å²) in [5.41, 5.74) is 1.71. The van der Waals surface area contributed by atoms with Crippen LogP contribution >= 0.6 is 0 Å². The second kappa shape index (κ2) is 7.40. The first-order valence-electron chi connectivity index (χ1n) is 7.28. The Kier molecular flexibility index (Phi) is 5.55. The van der Waals surface area contributed by atoms with Gasteiger partial charge >= 0.3 is 0 Å². The molecule has 1 aliphatic heterocycles. The molecule has 2 rings (SSSR count). The van der Waals surface area contributed by atoms with Crippen LogP contribution < -0.4 is 10.6 Å². The molecule has 1 fully saturated rings. The lowest BCUT2D eigenvalue weighted by Crippen LogP contribution is -2.44. The largest absolute Gasteiger partial charge is 0.361 e. The van der Waals surface area contributed by atoms with E-state index < -0.39 is 0 Å². The van der Waals surface area contributed by atoms with Crippen LogP contribution in [0.1, 0.15) is 23.4 Å². The first kappa shape index (κ1) is 15.0. The SMILES string of the molecule is Cc1noc(C)c1CC(=O)NCCCN1CCNCC1. The highest BCUT2D eigenvalue weighted by Gasteiger charge is 2.13. The van der Waals surface area contributed by atoms with Gasteiger partial charge in [0.15, 0.2) is 0 Å². The third-order valence-corrected chi connectivity index (χ3v) is 3.70. The number of aryl methyl sites for hydroxylation is 2. The maximum absolute atomic E-state index is 11.9. The highest BCUT2D eigenvalue weighted by atomic mass is 16.5. The van der Waals surface area contributed by atoms with Crippen LogP contribution in [0.5, 0.6) is 0 Å². The summed E-state index contributed by atoms with van der Waals surface area (Å²) in [5.74, 6) is 0.776.